The molecule has 0 atom stereocenters. The number of aromatic nitrogens is 4. The number of benzene rings is 1. The summed E-state index contributed by atoms with van der Waals surface area (Å²) in [5, 5.41) is 6.27. The Morgan fingerprint density at radius 3 is 2.65 bits per heavy atom. The molecule has 0 radical (unpaired) electrons. The van der Waals surface area contributed by atoms with E-state index in [9.17, 15) is 4.79 Å². The van der Waals surface area contributed by atoms with Crippen molar-refractivity contribution in [2.45, 2.75) is 39.2 Å². The van der Waals surface area contributed by atoms with E-state index in [0.29, 0.717) is 10.8 Å². The van der Waals surface area contributed by atoms with Gasteiger partial charge in [-0.2, -0.15) is 5.10 Å². The van der Waals surface area contributed by atoms with Gasteiger partial charge in [-0.25, -0.2) is 14.6 Å². The highest BCUT2D eigenvalue weighted by molar-refractivity contribution is 6.33. The number of hydrogen-bond donors (Lipinski definition) is 1. The number of halogens is 1. The van der Waals surface area contributed by atoms with Crippen LogP contribution in [0, 0.1) is 0 Å². The Labute approximate surface area is 205 Å². The normalized spacial score (nSPS) is 14.6. The molecule has 3 heterocycles. The highest BCUT2D eigenvalue weighted by Crippen LogP contribution is 2.35. The van der Waals surface area contributed by atoms with Crippen LogP contribution in [0.5, 0.6) is 0 Å². The van der Waals surface area contributed by atoms with Gasteiger partial charge in [0.2, 0.25) is 5.91 Å². The molecule has 1 fully saturated rings. The van der Waals surface area contributed by atoms with Crippen molar-refractivity contribution in [3.05, 3.63) is 47.8 Å². The van der Waals surface area contributed by atoms with Gasteiger partial charge in [0, 0.05) is 38.3 Å². The number of unbranched alkanes of at least 4 members (excludes halogenated alkanes) is 2. The molecule has 0 aliphatic carbocycles. The quantitative estimate of drug-likeness (QED) is 0.369. The lowest BCUT2D eigenvalue weighted by Crippen LogP contribution is -2.48. The molecule has 34 heavy (non-hydrogen) atoms. The van der Waals surface area contributed by atoms with E-state index < -0.39 is 0 Å². The second-order valence-corrected chi connectivity index (χ2v) is 9.04. The Hall–Kier alpha value is -2.97. The molecule has 180 valence electrons. The molecule has 1 saturated heterocycles. The third-order valence-corrected chi connectivity index (χ3v) is 6.79. The number of nitrogens with zero attached hydrogens (tertiary/aromatic N) is 6. The maximum Gasteiger partial charge on any atom is 0.246 e. The molecular weight excluding hydrogens is 450 g/mol. The second kappa shape index (κ2) is 11.0. The van der Waals surface area contributed by atoms with E-state index in [1.165, 1.54) is 18.0 Å². The van der Waals surface area contributed by atoms with Crippen LogP contribution in [0.15, 0.2) is 37.2 Å². The molecule has 9 heteroatoms. The van der Waals surface area contributed by atoms with Crippen molar-refractivity contribution in [2.75, 3.05) is 38.5 Å². The Kier molecular flexibility index (Phi) is 7.80. The van der Waals surface area contributed by atoms with E-state index >= 15 is 0 Å². The van der Waals surface area contributed by atoms with Crippen molar-refractivity contribution in [3.8, 4) is 11.3 Å². The van der Waals surface area contributed by atoms with E-state index in [2.05, 4.69) is 34.4 Å². The topological polar surface area (TPSA) is 93.2 Å². The molecule has 1 aliphatic rings. The van der Waals surface area contributed by atoms with Crippen LogP contribution in [-0.2, 0) is 17.8 Å². The smallest absolute Gasteiger partial charge is 0.246 e. The van der Waals surface area contributed by atoms with Crippen LogP contribution < -0.4 is 5.73 Å². The lowest BCUT2D eigenvalue weighted by molar-refractivity contribution is -0.127. The van der Waals surface area contributed by atoms with Gasteiger partial charge in [-0.05, 0) is 49.6 Å². The molecule has 0 spiro atoms. The van der Waals surface area contributed by atoms with E-state index in [0.717, 1.165) is 87.2 Å². The predicted molar refractivity (Wildman–Crippen MR) is 137 cm³/mol. The fraction of sp³-hybridized carbons (Fsp3) is 0.440. The number of carbonyl (C=O) groups excluding carboxylic acids is 1. The van der Waals surface area contributed by atoms with Gasteiger partial charge in [0.15, 0.2) is 5.65 Å². The van der Waals surface area contributed by atoms with Gasteiger partial charge in [0.05, 0.1) is 10.4 Å². The SMILES string of the molecule is C=CC(=O)N1CCN(CCCCCn2nc(-c3cc(CC)ccc3Cl)c3c(N)ncnc32)CC1. The number of amides is 1. The fourth-order valence-electron chi connectivity index (χ4n) is 4.44. The zero-order chi connectivity index (χ0) is 24.1. The highest BCUT2D eigenvalue weighted by atomic mass is 35.5. The first-order chi connectivity index (χ1) is 16.5. The summed E-state index contributed by atoms with van der Waals surface area (Å²) in [4.78, 5) is 24.7. The van der Waals surface area contributed by atoms with Gasteiger partial charge in [-0.15, -0.1) is 0 Å². The van der Waals surface area contributed by atoms with Gasteiger partial charge in [-0.3, -0.25) is 9.69 Å². The standard InChI is InChI=1S/C25H32ClN7O/c1-3-18-8-9-20(26)19(16-18)23-22-24(27)28-17-29-25(22)33(30-23)11-7-5-6-10-31-12-14-32(15-13-31)21(34)4-2/h4,8-9,16-17H,2-3,5-7,10-15H2,1H3,(H2,27,28,29). The van der Waals surface area contributed by atoms with E-state index in [1.807, 2.05) is 21.7 Å². The van der Waals surface area contributed by atoms with Crippen LogP contribution in [0.4, 0.5) is 5.82 Å². The molecule has 0 bridgehead atoms. The van der Waals surface area contributed by atoms with Crippen LogP contribution in [0.25, 0.3) is 22.3 Å². The zero-order valence-electron chi connectivity index (χ0n) is 19.7. The molecular formula is C25H32ClN7O. The van der Waals surface area contributed by atoms with Gasteiger partial charge >= 0.3 is 0 Å². The Morgan fingerprint density at radius 2 is 1.91 bits per heavy atom. The summed E-state index contributed by atoms with van der Waals surface area (Å²) >= 11 is 6.54. The average Bonchev–Trinajstić information content (AvgIpc) is 3.23. The maximum absolute atomic E-state index is 11.7. The average molecular weight is 482 g/mol. The number of carbonyl (C=O) groups is 1. The van der Waals surface area contributed by atoms with Crippen LogP contribution in [0.2, 0.25) is 5.02 Å². The molecule has 1 aliphatic heterocycles. The van der Waals surface area contributed by atoms with E-state index in [-0.39, 0.29) is 5.91 Å². The first kappa shape index (κ1) is 24.2. The lowest BCUT2D eigenvalue weighted by atomic mass is 10.0. The van der Waals surface area contributed by atoms with Crippen LogP contribution >= 0.6 is 11.6 Å². The van der Waals surface area contributed by atoms with Crippen molar-refractivity contribution in [3.63, 3.8) is 0 Å². The van der Waals surface area contributed by atoms with Crippen molar-refractivity contribution >= 4 is 34.4 Å². The number of fused-ring (bicyclic) bond motifs is 1. The lowest BCUT2D eigenvalue weighted by Gasteiger charge is -2.34. The molecule has 1 aromatic carbocycles. The van der Waals surface area contributed by atoms with Crippen molar-refractivity contribution in [2.24, 2.45) is 0 Å². The molecule has 3 aromatic rings. The summed E-state index contributed by atoms with van der Waals surface area (Å²) in [7, 11) is 0. The Bertz CT molecular complexity index is 1170. The first-order valence-electron chi connectivity index (χ1n) is 11.9. The van der Waals surface area contributed by atoms with Crippen molar-refractivity contribution in [1.82, 2.24) is 29.5 Å². The summed E-state index contributed by atoms with van der Waals surface area (Å²) in [6.07, 6.45) is 6.96. The van der Waals surface area contributed by atoms with Gasteiger partial charge < -0.3 is 10.6 Å². The molecule has 0 unspecified atom stereocenters. The fourth-order valence-corrected chi connectivity index (χ4v) is 4.65. The number of rotatable bonds is 9. The summed E-state index contributed by atoms with van der Waals surface area (Å²) in [5.74, 6) is 0.441. The molecule has 1 amide bonds. The summed E-state index contributed by atoms with van der Waals surface area (Å²) in [5.41, 5.74) is 9.77. The van der Waals surface area contributed by atoms with Crippen LogP contribution in [0.1, 0.15) is 31.7 Å². The summed E-state index contributed by atoms with van der Waals surface area (Å²) in [6.45, 7) is 10.9. The number of nitrogens with two attached hydrogens (primary N) is 1. The number of piperazine rings is 1. The Morgan fingerprint density at radius 1 is 1.15 bits per heavy atom. The van der Waals surface area contributed by atoms with Crippen LogP contribution in [-0.4, -0.2) is 68.2 Å². The van der Waals surface area contributed by atoms with E-state index in [1.54, 1.807) is 0 Å². The Balaban J connectivity index is 1.39. The van der Waals surface area contributed by atoms with Gasteiger partial charge in [0.1, 0.15) is 17.8 Å². The summed E-state index contributed by atoms with van der Waals surface area (Å²) in [6, 6.07) is 6.01. The minimum Gasteiger partial charge on any atom is -0.383 e. The molecule has 2 N–H and O–H groups in total. The largest absolute Gasteiger partial charge is 0.383 e. The number of nitrogen functional groups attached to an aromatic ring is 1. The number of aryl methyl sites for hydroxylation is 2. The number of anilines is 1. The molecule has 2 aromatic heterocycles. The van der Waals surface area contributed by atoms with Crippen molar-refractivity contribution < 1.29 is 4.79 Å². The van der Waals surface area contributed by atoms with Crippen LogP contribution in [0.3, 0.4) is 0 Å². The van der Waals surface area contributed by atoms with Gasteiger partial charge in [-0.1, -0.05) is 37.6 Å². The predicted octanol–water partition coefficient (Wildman–Crippen LogP) is 3.79. The van der Waals surface area contributed by atoms with Crippen molar-refractivity contribution in [1.29, 1.82) is 0 Å². The minimum absolute atomic E-state index is 0.0256. The number of hydrogen-bond acceptors (Lipinski definition) is 6. The first-order valence-corrected chi connectivity index (χ1v) is 12.3. The third-order valence-electron chi connectivity index (χ3n) is 6.46. The zero-order valence-corrected chi connectivity index (χ0v) is 20.5. The monoisotopic (exact) mass is 481 g/mol. The third kappa shape index (κ3) is 5.23. The van der Waals surface area contributed by atoms with E-state index in [4.69, 9.17) is 22.4 Å². The molecule has 0 saturated carbocycles. The molecule has 4 rings (SSSR count). The highest BCUT2D eigenvalue weighted by Gasteiger charge is 2.20. The second-order valence-electron chi connectivity index (χ2n) is 8.63. The maximum atomic E-state index is 11.7. The van der Waals surface area contributed by atoms with Gasteiger partial charge in [0.25, 0.3) is 0 Å². The minimum atomic E-state index is 0.0256. The molecule has 8 nitrogen and oxygen atoms in total. The summed E-state index contributed by atoms with van der Waals surface area (Å²) < 4.78 is 1.93.